The molecule has 2 saturated carbocycles. The van der Waals surface area contributed by atoms with Crippen LogP contribution >= 0.6 is 0 Å². The first kappa shape index (κ1) is 15.3. The number of ether oxygens (including phenoxy) is 1. The zero-order valence-electron chi connectivity index (χ0n) is 12.4. The van der Waals surface area contributed by atoms with Gasteiger partial charge in [-0.2, -0.15) is 0 Å². The molecule has 0 aromatic rings. The molecule has 0 radical (unpaired) electrons. The number of carboxylic acid groups (broad SMARTS) is 1. The Balaban J connectivity index is 1.91. The van der Waals surface area contributed by atoms with Crippen LogP contribution in [0.3, 0.4) is 0 Å². The Hall–Kier alpha value is -1.10. The summed E-state index contributed by atoms with van der Waals surface area (Å²) < 4.78 is 5.47. The van der Waals surface area contributed by atoms with Gasteiger partial charge in [-0.25, -0.2) is 0 Å². The van der Waals surface area contributed by atoms with E-state index in [9.17, 15) is 14.7 Å². The molecule has 0 heterocycles. The van der Waals surface area contributed by atoms with Gasteiger partial charge >= 0.3 is 5.97 Å². The van der Waals surface area contributed by atoms with E-state index >= 15 is 0 Å². The van der Waals surface area contributed by atoms with Gasteiger partial charge in [0.1, 0.15) is 0 Å². The Morgan fingerprint density at radius 2 is 1.95 bits per heavy atom. The minimum absolute atomic E-state index is 0.114. The van der Waals surface area contributed by atoms with Crippen molar-refractivity contribution >= 4 is 11.9 Å². The molecule has 0 aromatic carbocycles. The molecular formula is C15H25NO4. The number of nitrogens with one attached hydrogen (secondary N) is 1. The molecule has 2 aliphatic rings. The minimum Gasteiger partial charge on any atom is -0.481 e. The number of carbonyl (C=O) groups excluding carboxylic acids is 1. The third-order valence-corrected chi connectivity index (χ3v) is 5.17. The number of amides is 1. The maximum atomic E-state index is 12.3. The average Bonchev–Trinajstić information content (AvgIpc) is 2.82. The van der Waals surface area contributed by atoms with Crippen LogP contribution in [0.15, 0.2) is 0 Å². The first-order valence-corrected chi connectivity index (χ1v) is 7.57. The molecule has 2 N–H and O–H groups in total. The van der Waals surface area contributed by atoms with Gasteiger partial charge in [-0.05, 0) is 38.0 Å². The summed E-state index contributed by atoms with van der Waals surface area (Å²) in [5.74, 6) is -1.51. The largest absolute Gasteiger partial charge is 0.481 e. The summed E-state index contributed by atoms with van der Waals surface area (Å²) in [6.45, 7) is 2.56. The van der Waals surface area contributed by atoms with Crippen molar-refractivity contribution in [3.8, 4) is 0 Å². The van der Waals surface area contributed by atoms with E-state index in [0.717, 1.165) is 25.7 Å². The molecule has 114 valence electrons. The third kappa shape index (κ3) is 2.97. The number of hydrogen-bond acceptors (Lipinski definition) is 3. The summed E-state index contributed by atoms with van der Waals surface area (Å²) in [6, 6.07) is 0. The van der Waals surface area contributed by atoms with Gasteiger partial charge in [0.25, 0.3) is 0 Å². The van der Waals surface area contributed by atoms with Crippen LogP contribution in [-0.2, 0) is 14.3 Å². The van der Waals surface area contributed by atoms with Crippen molar-refractivity contribution in [1.29, 1.82) is 0 Å². The normalized spacial score (nSPS) is 31.6. The van der Waals surface area contributed by atoms with Gasteiger partial charge in [0.05, 0.1) is 17.4 Å². The summed E-state index contributed by atoms with van der Waals surface area (Å²) in [6.07, 6.45) is 5.32. The molecule has 5 heteroatoms. The Kier molecular flexibility index (Phi) is 4.68. The van der Waals surface area contributed by atoms with Crippen LogP contribution < -0.4 is 5.32 Å². The van der Waals surface area contributed by atoms with Crippen LogP contribution in [0.25, 0.3) is 0 Å². The number of hydrogen-bond donors (Lipinski definition) is 2. The summed E-state index contributed by atoms with van der Waals surface area (Å²) in [5.41, 5.74) is -0.211. The van der Waals surface area contributed by atoms with Gasteiger partial charge in [-0.3, -0.25) is 9.59 Å². The van der Waals surface area contributed by atoms with Crippen LogP contribution in [-0.4, -0.2) is 36.2 Å². The van der Waals surface area contributed by atoms with E-state index in [0.29, 0.717) is 25.3 Å². The Morgan fingerprint density at radius 3 is 2.40 bits per heavy atom. The molecule has 0 bridgehead atoms. The fourth-order valence-corrected chi connectivity index (χ4v) is 3.44. The van der Waals surface area contributed by atoms with Crippen LogP contribution in [0.5, 0.6) is 0 Å². The molecule has 3 atom stereocenters. The molecule has 0 saturated heterocycles. The van der Waals surface area contributed by atoms with E-state index in [1.165, 1.54) is 0 Å². The molecule has 2 aliphatic carbocycles. The fraction of sp³-hybridized carbons (Fsp3) is 0.867. The molecule has 1 amide bonds. The summed E-state index contributed by atoms with van der Waals surface area (Å²) >= 11 is 0. The van der Waals surface area contributed by atoms with Gasteiger partial charge < -0.3 is 15.2 Å². The average molecular weight is 283 g/mol. The van der Waals surface area contributed by atoms with Crippen LogP contribution in [0.1, 0.15) is 45.4 Å². The van der Waals surface area contributed by atoms with Crippen molar-refractivity contribution in [3.63, 3.8) is 0 Å². The Labute approximate surface area is 120 Å². The predicted molar refractivity (Wildman–Crippen MR) is 74.2 cm³/mol. The first-order valence-electron chi connectivity index (χ1n) is 7.57. The van der Waals surface area contributed by atoms with Gasteiger partial charge in [0.2, 0.25) is 5.91 Å². The highest BCUT2D eigenvalue weighted by Gasteiger charge is 2.43. The smallest absolute Gasteiger partial charge is 0.307 e. The summed E-state index contributed by atoms with van der Waals surface area (Å²) in [7, 11) is 1.67. The lowest BCUT2D eigenvalue weighted by molar-refractivity contribution is -0.146. The highest BCUT2D eigenvalue weighted by atomic mass is 16.5. The number of rotatable bonds is 6. The summed E-state index contributed by atoms with van der Waals surface area (Å²) in [5, 5.41) is 12.2. The van der Waals surface area contributed by atoms with E-state index in [4.69, 9.17) is 4.74 Å². The van der Waals surface area contributed by atoms with E-state index < -0.39 is 11.9 Å². The van der Waals surface area contributed by atoms with Crippen LogP contribution in [0.4, 0.5) is 0 Å². The lowest BCUT2D eigenvalue weighted by atomic mass is 9.80. The van der Waals surface area contributed by atoms with Crippen molar-refractivity contribution in [2.24, 2.45) is 17.8 Å². The van der Waals surface area contributed by atoms with Crippen molar-refractivity contribution in [2.75, 3.05) is 13.7 Å². The first-order chi connectivity index (χ1) is 9.51. The van der Waals surface area contributed by atoms with Gasteiger partial charge in [0.15, 0.2) is 0 Å². The lowest BCUT2D eigenvalue weighted by Gasteiger charge is -2.40. The number of carbonyl (C=O) groups is 2. The third-order valence-electron chi connectivity index (χ3n) is 5.17. The van der Waals surface area contributed by atoms with Crippen LogP contribution in [0, 0.1) is 17.8 Å². The monoisotopic (exact) mass is 283 g/mol. The van der Waals surface area contributed by atoms with E-state index in [2.05, 4.69) is 12.2 Å². The molecule has 1 unspecified atom stereocenters. The van der Waals surface area contributed by atoms with E-state index in [-0.39, 0.29) is 17.4 Å². The molecule has 2 fully saturated rings. The highest BCUT2D eigenvalue weighted by Crippen LogP contribution is 2.39. The highest BCUT2D eigenvalue weighted by molar-refractivity contribution is 5.85. The second-order valence-electron chi connectivity index (χ2n) is 6.26. The quantitative estimate of drug-likeness (QED) is 0.779. The second kappa shape index (κ2) is 6.12. The SMILES string of the molecule is CCC1C[C@H](C(=O)NCC2(OC)CCC2)[C@H](C(=O)O)C1. The zero-order valence-corrected chi connectivity index (χ0v) is 12.4. The summed E-state index contributed by atoms with van der Waals surface area (Å²) in [4.78, 5) is 23.6. The van der Waals surface area contributed by atoms with Crippen molar-refractivity contribution in [3.05, 3.63) is 0 Å². The predicted octanol–water partition coefficient (Wildman–Crippen LogP) is 1.81. The van der Waals surface area contributed by atoms with Gasteiger partial charge in [-0.1, -0.05) is 13.3 Å². The van der Waals surface area contributed by atoms with Crippen molar-refractivity contribution in [2.45, 2.75) is 51.0 Å². The zero-order chi connectivity index (χ0) is 14.8. The number of methoxy groups -OCH3 is 1. The molecule has 0 aromatic heterocycles. The number of carboxylic acids is 1. The standard InChI is InChI=1S/C15H25NO4/c1-3-10-7-11(12(8-10)14(18)19)13(17)16-9-15(20-2)5-4-6-15/h10-12H,3-9H2,1-2H3,(H,16,17)(H,18,19)/t10?,11-,12+/m0/s1. The van der Waals surface area contributed by atoms with Crippen molar-refractivity contribution in [1.82, 2.24) is 5.32 Å². The Bertz CT molecular complexity index is 373. The van der Waals surface area contributed by atoms with Crippen LogP contribution in [0.2, 0.25) is 0 Å². The second-order valence-corrected chi connectivity index (χ2v) is 6.26. The van der Waals surface area contributed by atoms with E-state index in [1.54, 1.807) is 7.11 Å². The van der Waals surface area contributed by atoms with E-state index in [1.807, 2.05) is 0 Å². The Morgan fingerprint density at radius 1 is 1.30 bits per heavy atom. The topological polar surface area (TPSA) is 75.6 Å². The van der Waals surface area contributed by atoms with Gasteiger partial charge in [-0.15, -0.1) is 0 Å². The molecule has 5 nitrogen and oxygen atoms in total. The maximum absolute atomic E-state index is 12.3. The number of aliphatic carboxylic acids is 1. The molecule has 0 aliphatic heterocycles. The van der Waals surface area contributed by atoms with Gasteiger partial charge in [0, 0.05) is 13.7 Å². The molecule has 20 heavy (non-hydrogen) atoms. The molecular weight excluding hydrogens is 258 g/mol. The molecule has 0 spiro atoms. The molecule has 2 rings (SSSR count). The van der Waals surface area contributed by atoms with Crippen molar-refractivity contribution < 1.29 is 19.4 Å². The fourth-order valence-electron chi connectivity index (χ4n) is 3.44. The lowest BCUT2D eigenvalue weighted by Crippen LogP contribution is -2.50. The minimum atomic E-state index is -0.841. The maximum Gasteiger partial charge on any atom is 0.307 e.